The maximum Gasteiger partial charge on any atom is 0.193 e. The van der Waals surface area contributed by atoms with Crippen molar-refractivity contribution in [2.45, 2.75) is 0 Å². The maximum atomic E-state index is 13.7. The fourth-order valence-corrected chi connectivity index (χ4v) is 6.70. The summed E-state index contributed by atoms with van der Waals surface area (Å²) in [4.78, 5) is 20.2. The lowest BCUT2D eigenvalue weighted by Gasteiger charge is -2.28. The summed E-state index contributed by atoms with van der Waals surface area (Å²) in [6, 6.07) is 58.5. The second kappa shape index (κ2) is 15.3. The van der Waals surface area contributed by atoms with Crippen molar-refractivity contribution in [1.82, 2.24) is 0 Å². The summed E-state index contributed by atoms with van der Waals surface area (Å²) in [5, 5.41) is 0. The van der Waals surface area contributed by atoms with E-state index in [1.165, 1.54) is 11.4 Å². The van der Waals surface area contributed by atoms with Crippen molar-refractivity contribution in [1.29, 1.82) is 0 Å². The zero-order valence-electron chi connectivity index (χ0n) is 30.7. The van der Waals surface area contributed by atoms with Crippen LogP contribution in [-0.4, -0.2) is 34.0 Å². The highest BCUT2D eigenvalue weighted by molar-refractivity contribution is 6.10. The molecule has 7 rings (SSSR count). The molecule has 0 N–H and O–H groups in total. The minimum atomic E-state index is -0.0137. The van der Waals surface area contributed by atoms with E-state index >= 15 is 0 Å². The molecule has 0 heterocycles. The van der Waals surface area contributed by atoms with Gasteiger partial charge >= 0.3 is 0 Å². The van der Waals surface area contributed by atoms with Crippen LogP contribution in [0.2, 0.25) is 0 Å². The number of anilines is 5. The third kappa shape index (κ3) is 7.40. The highest BCUT2D eigenvalue weighted by atomic mass is 16.1. The molecule has 0 unspecified atom stereocenters. The summed E-state index contributed by atoms with van der Waals surface area (Å²) in [6.07, 6.45) is 1.86. The van der Waals surface area contributed by atoms with Crippen LogP contribution in [0.3, 0.4) is 0 Å². The maximum absolute atomic E-state index is 13.7. The summed E-state index contributed by atoms with van der Waals surface area (Å²) in [6.45, 7) is 4.14. The van der Waals surface area contributed by atoms with E-state index in [2.05, 4.69) is 171 Å². The molecule has 7 aromatic carbocycles. The number of carbonyl (C=O) groups excluding carboxylic acids is 1. The van der Waals surface area contributed by atoms with Crippen molar-refractivity contribution < 1.29 is 4.79 Å². The van der Waals surface area contributed by atoms with Gasteiger partial charge in [-0.25, -0.2) is 0 Å². The molecule has 0 radical (unpaired) electrons. The number of para-hydroxylation sites is 1. The predicted octanol–water partition coefficient (Wildman–Crippen LogP) is 12.2. The Bertz CT molecular complexity index is 2250. The van der Waals surface area contributed by atoms with E-state index in [9.17, 15) is 4.79 Å². The van der Waals surface area contributed by atoms with Crippen molar-refractivity contribution in [3.63, 3.8) is 0 Å². The van der Waals surface area contributed by atoms with Gasteiger partial charge < -0.3 is 14.7 Å². The Balaban J connectivity index is 1.34. The lowest BCUT2D eigenvalue weighted by atomic mass is 9.92. The molecule has 53 heavy (non-hydrogen) atoms. The lowest BCUT2D eigenvalue weighted by Crippen LogP contribution is -2.11. The summed E-state index contributed by atoms with van der Waals surface area (Å²) >= 11 is 0. The molecule has 7 aromatic rings. The number of hydrogen-bond acceptors (Lipinski definition) is 4. The molecule has 260 valence electrons. The predicted molar refractivity (Wildman–Crippen MR) is 226 cm³/mol. The molecule has 0 spiro atoms. The molecule has 0 saturated heterocycles. The summed E-state index contributed by atoms with van der Waals surface area (Å²) in [5.74, 6) is -0.0137. The summed E-state index contributed by atoms with van der Waals surface area (Å²) in [5.41, 5.74) is 14.2. The van der Waals surface area contributed by atoms with Gasteiger partial charge in [-0.3, -0.25) is 4.79 Å². The Morgan fingerprint density at radius 2 is 0.887 bits per heavy atom. The first-order chi connectivity index (χ1) is 25.8. The molecule has 0 aliphatic carbocycles. The molecule has 0 aliphatic rings. The van der Waals surface area contributed by atoms with E-state index in [0.717, 1.165) is 56.0 Å². The molecule has 0 saturated carbocycles. The average molecular weight is 690 g/mol. The van der Waals surface area contributed by atoms with Gasteiger partial charge in [-0.15, -0.1) is 0 Å². The Labute approximate surface area is 313 Å². The number of ketones is 1. The summed E-state index contributed by atoms with van der Waals surface area (Å²) in [7, 11) is 8.22. The third-order valence-corrected chi connectivity index (χ3v) is 9.69. The SMILES string of the molecule is C=Cc1ccc(C(=O)c2ccccc2)cc1-c1ccccc1N(c1ccc(-c2ccc(N(C)C)cc2)cc1)c1ccc(-c2ccc(N(C)C)cc2)cc1. The first-order valence-electron chi connectivity index (χ1n) is 17.8. The van der Waals surface area contributed by atoms with Crippen molar-refractivity contribution in [3.8, 4) is 33.4 Å². The molecule has 0 atom stereocenters. The van der Waals surface area contributed by atoms with E-state index in [1.807, 2.05) is 54.6 Å². The fourth-order valence-electron chi connectivity index (χ4n) is 6.70. The minimum Gasteiger partial charge on any atom is -0.378 e. The Morgan fingerprint density at radius 3 is 1.34 bits per heavy atom. The Kier molecular flexibility index (Phi) is 10.0. The van der Waals surface area contributed by atoms with Gasteiger partial charge in [0.25, 0.3) is 0 Å². The standard InChI is InChI=1S/C49H43N3O/c1-6-35-16-17-41(49(53)40-12-8-7-9-13-40)34-47(35)46-14-10-11-15-48(46)52(44-30-22-38(23-31-44)36-18-26-42(27-19-36)50(2)3)45-32-24-39(25-33-45)37-20-28-43(29-21-37)51(4)5/h6-34H,1H2,2-5H3. The molecule has 4 nitrogen and oxygen atoms in total. The second-order valence-electron chi connectivity index (χ2n) is 13.5. The monoisotopic (exact) mass is 689 g/mol. The minimum absolute atomic E-state index is 0.0137. The molecule has 0 aromatic heterocycles. The highest BCUT2D eigenvalue weighted by Crippen LogP contribution is 2.43. The zero-order valence-corrected chi connectivity index (χ0v) is 30.7. The molecular weight excluding hydrogens is 647 g/mol. The molecule has 0 aliphatic heterocycles. The van der Waals surface area contributed by atoms with E-state index in [0.29, 0.717) is 11.1 Å². The quantitative estimate of drug-likeness (QED) is 0.126. The topological polar surface area (TPSA) is 26.8 Å². The van der Waals surface area contributed by atoms with Gasteiger partial charge in [0.2, 0.25) is 0 Å². The van der Waals surface area contributed by atoms with Crippen LogP contribution >= 0.6 is 0 Å². The van der Waals surface area contributed by atoms with Crippen LogP contribution < -0.4 is 14.7 Å². The molecule has 0 bridgehead atoms. The number of hydrogen-bond donors (Lipinski definition) is 0. The molecular formula is C49H43N3O. The number of rotatable bonds is 11. The molecule has 4 heteroatoms. The Morgan fingerprint density at radius 1 is 0.453 bits per heavy atom. The number of nitrogens with zero attached hydrogens (tertiary/aromatic N) is 3. The fraction of sp³-hybridized carbons (Fsp3) is 0.0816. The molecule has 0 fully saturated rings. The van der Waals surface area contributed by atoms with Crippen molar-refractivity contribution in [2.75, 3.05) is 42.9 Å². The van der Waals surface area contributed by atoms with Gasteiger partial charge in [0.15, 0.2) is 5.78 Å². The smallest absolute Gasteiger partial charge is 0.193 e. The van der Waals surface area contributed by atoms with Gasteiger partial charge in [-0.2, -0.15) is 0 Å². The van der Waals surface area contributed by atoms with Gasteiger partial charge in [0.1, 0.15) is 0 Å². The van der Waals surface area contributed by atoms with Crippen LogP contribution in [-0.2, 0) is 0 Å². The third-order valence-electron chi connectivity index (χ3n) is 9.69. The van der Waals surface area contributed by atoms with Crippen LogP contribution in [0, 0.1) is 0 Å². The average Bonchev–Trinajstić information content (AvgIpc) is 3.21. The van der Waals surface area contributed by atoms with Crippen LogP contribution in [0.1, 0.15) is 21.5 Å². The first-order valence-corrected chi connectivity index (χ1v) is 17.8. The lowest BCUT2D eigenvalue weighted by molar-refractivity contribution is 0.103. The van der Waals surface area contributed by atoms with E-state index in [4.69, 9.17) is 0 Å². The largest absolute Gasteiger partial charge is 0.378 e. The van der Waals surface area contributed by atoms with Crippen LogP contribution in [0.25, 0.3) is 39.5 Å². The number of carbonyl (C=O) groups is 1. The van der Waals surface area contributed by atoms with E-state index in [1.54, 1.807) is 0 Å². The highest BCUT2D eigenvalue weighted by Gasteiger charge is 2.20. The van der Waals surface area contributed by atoms with Gasteiger partial charge in [-0.1, -0.05) is 122 Å². The first kappa shape index (κ1) is 34.8. The molecule has 0 amide bonds. The van der Waals surface area contributed by atoms with Gasteiger partial charge in [0, 0.05) is 67.6 Å². The van der Waals surface area contributed by atoms with Crippen molar-refractivity contribution >= 4 is 40.3 Å². The van der Waals surface area contributed by atoms with Gasteiger partial charge in [0.05, 0.1) is 5.69 Å². The number of benzene rings is 7. The van der Waals surface area contributed by atoms with Crippen molar-refractivity contribution in [3.05, 3.63) is 193 Å². The van der Waals surface area contributed by atoms with E-state index < -0.39 is 0 Å². The van der Waals surface area contributed by atoms with Crippen molar-refractivity contribution in [2.24, 2.45) is 0 Å². The Hall–Kier alpha value is -6.65. The second-order valence-corrected chi connectivity index (χ2v) is 13.5. The summed E-state index contributed by atoms with van der Waals surface area (Å²) < 4.78 is 0. The normalized spacial score (nSPS) is 10.8. The van der Waals surface area contributed by atoms with Crippen LogP contribution in [0.15, 0.2) is 176 Å². The van der Waals surface area contributed by atoms with Gasteiger partial charge in [-0.05, 0) is 94.0 Å². The van der Waals surface area contributed by atoms with E-state index in [-0.39, 0.29) is 5.78 Å². The van der Waals surface area contributed by atoms with Crippen LogP contribution in [0.4, 0.5) is 28.4 Å². The van der Waals surface area contributed by atoms with Crippen LogP contribution in [0.5, 0.6) is 0 Å². The zero-order chi connectivity index (χ0) is 36.9.